The van der Waals surface area contributed by atoms with Gasteiger partial charge in [-0.1, -0.05) is 6.58 Å². The van der Waals surface area contributed by atoms with Gasteiger partial charge in [-0.15, -0.1) is 0 Å². The van der Waals surface area contributed by atoms with Crippen molar-refractivity contribution >= 4 is 12.3 Å². The molecule has 1 unspecified atom stereocenters. The van der Waals surface area contributed by atoms with E-state index in [1.165, 1.54) is 6.08 Å². The molecule has 0 aliphatic carbocycles. The number of hydrogen-bond acceptors (Lipinski definition) is 4. The molecule has 0 saturated heterocycles. The molecular weight excluding hydrogens is 196 g/mol. The van der Waals surface area contributed by atoms with E-state index >= 15 is 0 Å². The SMILES string of the molecule is C=CC(CC(=O)O)(OCC)N1C=NCC1. The van der Waals surface area contributed by atoms with Crippen molar-refractivity contribution in [3.8, 4) is 0 Å². The standard InChI is InChI=1S/C10H16N2O3/c1-3-10(15-4-2,7-9(13)14)12-6-5-11-8-12/h3,8H,1,4-7H2,2H3,(H,13,14). The molecule has 0 saturated carbocycles. The van der Waals surface area contributed by atoms with Crippen molar-refractivity contribution in [1.29, 1.82) is 0 Å². The molecule has 0 aromatic rings. The molecule has 0 aromatic carbocycles. The normalized spacial score (nSPS) is 18.9. The Hall–Kier alpha value is -1.36. The molecule has 1 atom stereocenters. The van der Waals surface area contributed by atoms with Crippen LogP contribution in [0.4, 0.5) is 0 Å². The van der Waals surface area contributed by atoms with E-state index in [-0.39, 0.29) is 6.42 Å². The summed E-state index contributed by atoms with van der Waals surface area (Å²) in [4.78, 5) is 16.6. The van der Waals surface area contributed by atoms with Crippen LogP contribution in [0.15, 0.2) is 17.6 Å². The minimum Gasteiger partial charge on any atom is -0.481 e. The molecule has 84 valence electrons. The summed E-state index contributed by atoms with van der Waals surface area (Å²) in [7, 11) is 0. The number of aliphatic imine (C=N–C) groups is 1. The van der Waals surface area contributed by atoms with Crippen LogP contribution in [-0.2, 0) is 9.53 Å². The average Bonchev–Trinajstić information content (AvgIpc) is 2.69. The third-order valence-electron chi connectivity index (χ3n) is 2.29. The highest BCUT2D eigenvalue weighted by Gasteiger charge is 2.36. The molecule has 0 fully saturated rings. The van der Waals surface area contributed by atoms with Gasteiger partial charge in [0.2, 0.25) is 0 Å². The second kappa shape index (κ2) is 4.93. The first-order valence-electron chi connectivity index (χ1n) is 4.90. The number of carboxylic acid groups (broad SMARTS) is 1. The maximum atomic E-state index is 10.8. The van der Waals surface area contributed by atoms with E-state index in [2.05, 4.69) is 11.6 Å². The van der Waals surface area contributed by atoms with Gasteiger partial charge < -0.3 is 14.7 Å². The highest BCUT2D eigenvalue weighted by atomic mass is 16.5. The number of carbonyl (C=O) groups is 1. The van der Waals surface area contributed by atoms with E-state index < -0.39 is 11.7 Å². The van der Waals surface area contributed by atoms with E-state index in [0.717, 1.165) is 0 Å². The predicted molar refractivity (Wildman–Crippen MR) is 56.9 cm³/mol. The van der Waals surface area contributed by atoms with Crippen molar-refractivity contribution in [1.82, 2.24) is 4.90 Å². The van der Waals surface area contributed by atoms with Crippen LogP contribution in [0.1, 0.15) is 13.3 Å². The molecule has 5 nitrogen and oxygen atoms in total. The summed E-state index contributed by atoms with van der Waals surface area (Å²) >= 11 is 0. The number of hydrogen-bond donors (Lipinski definition) is 1. The Morgan fingerprint density at radius 1 is 1.87 bits per heavy atom. The first kappa shape index (κ1) is 11.7. The molecule has 0 amide bonds. The fourth-order valence-corrected chi connectivity index (χ4v) is 1.62. The monoisotopic (exact) mass is 212 g/mol. The quantitative estimate of drug-likeness (QED) is 0.659. The van der Waals surface area contributed by atoms with Crippen LogP contribution in [-0.4, -0.2) is 47.7 Å². The third-order valence-corrected chi connectivity index (χ3v) is 2.29. The second-order valence-corrected chi connectivity index (χ2v) is 3.27. The largest absolute Gasteiger partial charge is 0.481 e. The summed E-state index contributed by atoms with van der Waals surface area (Å²) < 4.78 is 5.51. The van der Waals surface area contributed by atoms with Crippen molar-refractivity contribution < 1.29 is 14.6 Å². The molecule has 0 aromatic heterocycles. The van der Waals surface area contributed by atoms with Gasteiger partial charge in [-0.2, -0.15) is 0 Å². The van der Waals surface area contributed by atoms with Crippen LogP contribution in [0.3, 0.4) is 0 Å². The lowest BCUT2D eigenvalue weighted by Gasteiger charge is -2.37. The fraction of sp³-hybridized carbons (Fsp3) is 0.600. The Labute approximate surface area is 89.1 Å². The Morgan fingerprint density at radius 2 is 2.60 bits per heavy atom. The van der Waals surface area contributed by atoms with Gasteiger partial charge in [-0.3, -0.25) is 9.79 Å². The van der Waals surface area contributed by atoms with Gasteiger partial charge in [0.25, 0.3) is 0 Å². The summed E-state index contributed by atoms with van der Waals surface area (Å²) in [5.41, 5.74) is -0.958. The number of ether oxygens (including phenoxy) is 1. The zero-order valence-corrected chi connectivity index (χ0v) is 8.85. The Bertz CT molecular complexity index is 278. The van der Waals surface area contributed by atoms with E-state index in [9.17, 15) is 4.79 Å². The van der Waals surface area contributed by atoms with Crippen molar-refractivity contribution in [2.75, 3.05) is 19.7 Å². The van der Waals surface area contributed by atoms with Crippen LogP contribution in [0.25, 0.3) is 0 Å². The molecule has 1 aliphatic heterocycles. The van der Waals surface area contributed by atoms with Crippen molar-refractivity contribution in [3.63, 3.8) is 0 Å². The third kappa shape index (κ3) is 2.56. The van der Waals surface area contributed by atoms with E-state index in [1.807, 2.05) is 6.92 Å². The maximum Gasteiger partial charge on any atom is 0.308 e. The first-order chi connectivity index (χ1) is 7.14. The van der Waals surface area contributed by atoms with Gasteiger partial charge in [0.15, 0.2) is 5.72 Å². The smallest absolute Gasteiger partial charge is 0.308 e. The zero-order valence-electron chi connectivity index (χ0n) is 8.85. The maximum absolute atomic E-state index is 10.8. The molecule has 1 aliphatic rings. The molecule has 15 heavy (non-hydrogen) atoms. The van der Waals surface area contributed by atoms with Crippen LogP contribution in [0.2, 0.25) is 0 Å². The molecule has 0 spiro atoms. The Balaban J connectivity index is 2.85. The van der Waals surface area contributed by atoms with Crippen LogP contribution in [0.5, 0.6) is 0 Å². The summed E-state index contributed by atoms with van der Waals surface area (Å²) in [6.45, 7) is 7.25. The minimum absolute atomic E-state index is 0.129. The molecule has 1 rings (SSSR count). The molecule has 0 radical (unpaired) electrons. The van der Waals surface area contributed by atoms with E-state index in [4.69, 9.17) is 9.84 Å². The molecule has 0 bridgehead atoms. The van der Waals surface area contributed by atoms with E-state index in [1.54, 1.807) is 11.2 Å². The molecular formula is C10H16N2O3. The van der Waals surface area contributed by atoms with Gasteiger partial charge in [0.05, 0.1) is 19.3 Å². The Kier molecular flexibility index (Phi) is 3.85. The van der Waals surface area contributed by atoms with Crippen molar-refractivity contribution in [2.45, 2.75) is 19.1 Å². The number of aliphatic carboxylic acids is 1. The van der Waals surface area contributed by atoms with Crippen LogP contribution >= 0.6 is 0 Å². The molecule has 5 heteroatoms. The average molecular weight is 212 g/mol. The predicted octanol–water partition coefficient (Wildman–Crippen LogP) is 0.724. The lowest BCUT2D eigenvalue weighted by molar-refractivity contribution is -0.150. The van der Waals surface area contributed by atoms with Gasteiger partial charge in [0, 0.05) is 13.2 Å². The molecule has 1 heterocycles. The van der Waals surface area contributed by atoms with Gasteiger partial charge in [-0.05, 0) is 13.0 Å². The second-order valence-electron chi connectivity index (χ2n) is 3.27. The summed E-state index contributed by atoms with van der Waals surface area (Å²) in [6.07, 6.45) is 3.03. The zero-order chi connectivity index (χ0) is 11.3. The number of carboxylic acids is 1. The minimum atomic E-state index is -0.958. The number of rotatable bonds is 6. The summed E-state index contributed by atoms with van der Waals surface area (Å²) in [5.74, 6) is -0.913. The topological polar surface area (TPSA) is 62.1 Å². The lowest BCUT2D eigenvalue weighted by Crippen LogP contribution is -2.49. The van der Waals surface area contributed by atoms with Gasteiger partial charge in [0.1, 0.15) is 0 Å². The van der Waals surface area contributed by atoms with Gasteiger partial charge >= 0.3 is 5.97 Å². The lowest BCUT2D eigenvalue weighted by atomic mass is 10.1. The molecule has 1 N–H and O–H groups in total. The Morgan fingerprint density at radius 3 is 3.00 bits per heavy atom. The highest BCUT2D eigenvalue weighted by Crippen LogP contribution is 2.23. The fourth-order valence-electron chi connectivity index (χ4n) is 1.62. The van der Waals surface area contributed by atoms with Crippen LogP contribution < -0.4 is 0 Å². The van der Waals surface area contributed by atoms with E-state index in [0.29, 0.717) is 19.7 Å². The first-order valence-corrected chi connectivity index (χ1v) is 4.90. The summed E-state index contributed by atoms with van der Waals surface area (Å²) in [5, 5.41) is 8.87. The van der Waals surface area contributed by atoms with Crippen LogP contribution in [0, 0.1) is 0 Å². The highest BCUT2D eigenvalue weighted by molar-refractivity contribution is 5.70. The number of nitrogens with zero attached hydrogens (tertiary/aromatic N) is 2. The summed E-state index contributed by atoms with van der Waals surface area (Å²) in [6, 6.07) is 0. The van der Waals surface area contributed by atoms with Crippen molar-refractivity contribution in [2.24, 2.45) is 4.99 Å². The van der Waals surface area contributed by atoms with Crippen molar-refractivity contribution in [3.05, 3.63) is 12.7 Å². The van der Waals surface area contributed by atoms with Gasteiger partial charge in [-0.25, -0.2) is 0 Å².